The van der Waals surface area contributed by atoms with Crippen molar-refractivity contribution in [2.24, 2.45) is 5.92 Å². The van der Waals surface area contributed by atoms with Crippen LogP contribution in [0.3, 0.4) is 0 Å². The van der Waals surface area contributed by atoms with E-state index in [1.807, 2.05) is 0 Å². The molecule has 0 unspecified atom stereocenters. The Bertz CT molecular complexity index is 356. The lowest BCUT2D eigenvalue weighted by Gasteiger charge is -2.33. The Hall–Kier alpha value is -1.17. The van der Waals surface area contributed by atoms with Crippen LogP contribution in [0.5, 0.6) is 0 Å². The van der Waals surface area contributed by atoms with Gasteiger partial charge in [-0.25, -0.2) is 4.39 Å². The van der Waals surface area contributed by atoms with Gasteiger partial charge >= 0.3 is 5.97 Å². The van der Waals surface area contributed by atoms with Crippen molar-refractivity contribution in [3.8, 4) is 0 Å². The zero-order valence-electron chi connectivity index (χ0n) is 11.9. The van der Waals surface area contributed by atoms with Crippen LogP contribution in [0.25, 0.3) is 0 Å². The van der Waals surface area contributed by atoms with Crippen LogP contribution in [0.15, 0.2) is 0 Å². The number of halogens is 1. The van der Waals surface area contributed by atoms with Crippen LogP contribution in [0, 0.1) is 5.92 Å². The van der Waals surface area contributed by atoms with Crippen LogP contribution in [-0.4, -0.2) is 55.2 Å². The number of rotatable bonds is 4. The number of amides is 1. The van der Waals surface area contributed by atoms with E-state index < -0.39 is 6.17 Å². The summed E-state index contributed by atoms with van der Waals surface area (Å²) in [6.07, 6.45) is 1.43. The topological polar surface area (TPSA) is 58.6 Å². The molecule has 1 N–H and O–H groups in total. The van der Waals surface area contributed by atoms with Crippen LogP contribution in [-0.2, 0) is 14.3 Å². The van der Waals surface area contributed by atoms with E-state index in [1.54, 1.807) is 11.8 Å². The molecule has 20 heavy (non-hydrogen) atoms. The lowest BCUT2D eigenvalue weighted by Crippen LogP contribution is -2.47. The molecule has 1 amide bonds. The smallest absolute Gasteiger partial charge is 0.306 e. The quantitative estimate of drug-likeness (QED) is 0.779. The SMILES string of the molecule is CCOC(=O)CC1CCN(C(=O)[C@@H]2C[C@H](F)CN2)CC1. The molecule has 0 radical (unpaired) electrons. The first kappa shape index (κ1) is 15.2. The van der Waals surface area contributed by atoms with Crippen LogP contribution in [0.2, 0.25) is 0 Å². The number of likely N-dealkylation sites (tertiary alicyclic amines) is 1. The lowest BCUT2D eigenvalue weighted by molar-refractivity contribution is -0.144. The number of nitrogens with zero attached hydrogens (tertiary/aromatic N) is 1. The summed E-state index contributed by atoms with van der Waals surface area (Å²) in [6, 6.07) is -0.369. The van der Waals surface area contributed by atoms with Crippen LogP contribution in [0.1, 0.15) is 32.6 Å². The Morgan fingerprint density at radius 3 is 2.60 bits per heavy atom. The fourth-order valence-corrected chi connectivity index (χ4v) is 2.91. The first-order chi connectivity index (χ1) is 9.60. The van der Waals surface area contributed by atoms with Crippen molar-refractivity contribution in [1.82, 2.24) is 10.2 Å². The van der Waals surface area contributed by atoms with E-state index >= 15 is 0 Å². The molecule has 0 aromatic heterocycles. The van der Waals surface area contributed by atoms with Crippen molar-refractivity contribution in [1.29, 1.82) is 0 Å². The van der Waals surface area contributed by atoms with Crippen LogP contribution < -0.4 is 5.32 Å². The van der Waals surface area contributed by atoms with Crippen molar-refractivity contribution < 1.29 is 18.7 Å². The van der Waals surface area contributed by atoms with E-state index in [-0.39, 0.29) is 30.9 Å². The predicted octanol–water partition coefficient (Wildman–Crippen LogP) is 0.878. The van der Waals surface area contributed by atoms with E-state index in [0.29, 0.717) is 32.0 Å². The molecule has 0 aliphatic carbocycles. The fourth-order valence-electron chi connectivity index (χ4n) is 2.91. The minimum absolute atomic E-state index is 0.000246. The Balaban J connectivity index is 1.73. The van der Waals surface area contributed by atoms with E-state index in [9.17, 15) is 14.0 Å². The van der Waals surface area contributed by atoms with E-state index in [1.165, 1.54) is 0 Å². The number of hydrogen-bond acceptors (Lipinski definition) is 4. The van der Waals surface area contributed by atoms with Crippen molar-refractivity contribution in [2.75, 3.05) is 26.2 Å². The maximum atomic E-state index is 13.1. The summed E-state index contributed by atoms with van der Waals surface area (Å²) in [5, 5.41) is 2.92. The second-order valence-electron chi connectivity index (χ2n) is 5.57. The molecule has 114 valence electrons. The van der Waals surface area contributed by atoms with Gasteiger partial charge in [-0.15, -0.1) is 0 Å². The largest absolute Gasteiger partial charge is 0.466 e. The third kappa shape index (κ3) is 3.91. The molecule has 5 nitrogen and oxygen atoms in total. The number of carbonyl (C=O) groups is 2. The van der Waals surface area contributed by atoms with Gasteiger partial charge in [0, 0.05) is 32.5 Å². The van der Waals surface area contributed by atoms with E-state index in [0.717, 1.165) is 12.8 Å². The maximum absolute atomic E-state index is 13.1. The van der Waals surface area contributed by atoms with Crippen molar-refractivity contribution in [3.05, 3.63) is 0 Å². The van der Waals surface area contributed by atoms with E-state index in [2.05, 4.69) is 5.32 Å². The summed E-state index contributed by atoms with van der Waals surface area (Å²) in [5.41, 5.74) is 0. The molecule has 0 aromatic rings. The molecule has 2 atom stereocenters. The summed E-state index contributed by atoms with van der Waals surface area (Å²) >= 11 is 0. The van der Waals surface area contributed by atoms with Gasteiger partial charge in [0.1, 0.15) is 6.17 Å². The maximum Gasteiger partial charge on any atom is 0.306 e. The van der Waals surface area contributed by atoms with Gasteiger partial charge < -0.3 is 15.0 Å². The summed E-state index contributed by atoms with van der Waals surface area (Å²) in [4.78, 5) is 25.4. The average molecular weight is 286 g/mol. The fraction of sp³-hybridized carbons (Fsp3) is 0.857. The number of carbonyl (C=O) groups excluding carboxylic acids is 2. The third-order valence-corrected chi connectivity index (χ3v) is 4.06. The van der Waals surface area contributed by atoms with Gasteiger partial charge in [0.2, 0.25) is 5.91 Å². The van der Waals surface area contributed by atoms with Crippen molar-refractivity contribution >= 4 is 11.9 Å². The van der Waals surface area contributed by atoms with Gasteiger partial charge in [-0.3, -0.25) is 9.59 Å². The van der Waals surface area contributed by atoms with Gasteiger partial charge in [-0.1, -0.05) is 0 Å². The average Bonchev–Trinajstić information content (AvgIpc) is 2.86. The number of alkyl halides is 1. The second-order valence-corrected chi connectivity index (χ2v) is 5.57. The highest BCUT2D eigenvalue weighted by Gasteiger charge is 2.34. The summed E-state index contributed by atoms with van der Waals surface area (Å²) < 4.78 is 18.0. The van der Waals surface area contributed by atoms with Gasteiger partial charge in [0.25, 0.3) is 0 Å². The molecule has 2 fully saturated rings. The second kappa shape index (κ2) is 7.02. The molecule has 2 aliphatic heterocycles. The zero-order valence-corrected chi connectivity index (χ0v) is 11.9. The van der Waals surface area contributed by atoms with Gasteiger partial charge in [0.05, 0.1) is 12.6 Å². The van der Waals surface area contributed by atoms with Crippen LogP contribution in [0.4, 0.5) is 4.39 Å². The summed E-state index contributed by atoms with van der Waals surface area (Å²) in [7, 11) is 0. The molecule has 0 saturated carbocycles. The van der Waals surface area contributed by atoms with Crippen molar-refractivity contribution in [2.45, 2.75) is 44.8 Å². The molecule has 2 rings (SSSR count). The molecular weight excluding hydrogens is 263 g/mol. The zero-order chi connectivity index (χ0) is 14.5. The monoisotopic (exact) mass is 286 g/mol. The Morgan fingerprint density at radius 2 is 2.05 bits per heavy atom. The molecule has 0 bridgehead atoms. The van der Waals surface area contributed by atoms with Gasteiger partial charge in [-0.2, -0.15) is 0 Å². The number of ether oxygens (including phenoxy) is 1. The van der Waals surface area contributed by atoms with Gasteiger partial charge in [0.15, 0.2) is 0 Å². The molecule has 2 heterocycles. The Kier molecular flexibility index (Phi) is 5.34. The lowest BCUT2D eigenvalue weighted by atomic mass is 9.93. The number of esters is 1. The third-order valence-electron chi connectivity index (χ3n) is 4.06. The summed E-state index contributed by atoms with van der Waals surface area (Å²) in [5.74, 6) is 0.137. The normalized spacial score (nSPS) is 27.6. The first-order valence-corrected chi connectivity index (χ1v) is 7.42. The highest BCUT2D eigenvalue weighted by molar-refractivity contribution is 5.82. The predicted molar refractivity (Wildman–Crippen MR) is 71.9 cm³/mol. The number of nitrogens with one attached hydrogen (secondary N) is 1. The molecule has 2 aliphatic rings. The minimum Gasteiger partial charge on any atom is -0.466 e. The highest BCUT2D eigenvalue weighted by Crippen LogP contribution is 2.22. The molecular formula is C14H23FN2O3. The van der Waals surface area contributed by atoms with E-state index in [4.69, 9.17) is 4.74 Å². The molecule has 2 saturated heterocycles. The standard InChI is InChI=1S/C14H23FN2O3/c1-2-20-13(18)7-10-3-5-17(6-4-10)14(19)12-8-11(15)9-16-12/h10-12,16H,2-9H2,1H3/t11-,12-/m0/s1. The van der Waals surface area contributed by atoms with Crippen LogP contribution >= 0.6 is 0 Å². The molecule has 6 heteroatoms. The molecule has 0 spiro atoms. The number of hydrogen-bond donors (Lipinski definition) is 1. The Labute approximate surface area is 118 Å². The molecule has 0 aromatic carbocycles. The Morgan fingerprint density at radius 1 is 1.35 bits per heavy atom. The summed E-state index contributed by atoms with van der Waals surface area (Å²) in [6.45, 7) is 3.78. The highest BCUT2D eigenvalue weighted by atomic mass is 19.1. The first-order valence-electron chi connectivity index (χ1n) is 7.42. The van der Waals surface area contributed by atoms with Gasteiger partial charge in [-0.05, 0) is 25.7 Å². The minimum atomic E-state index is -0.912. The number of piperidine rings is 1. The van der Waals surface area contributed by atoms with Crippen molar-refractivity contribution in [3.63, 3.8) is 0 Å².